The molecule has 1 heterocycles. The lowest BCUT2D eigenvalue weighted by Gasteiger charge is -2.37. The van der Waals surface area contributed by atoms with Crippen molar-refractivity contribution in [3.8, 4) is 0 Å². The molecule has 0 radical (unpaired) electrons. The standard InChI is InChI=1S/C11H20N4OS/c12-8-2-1-7(5-9(8)13)6-15-4-3-10(16)14-11(15)17/h3-4,7-9,11,17H,1-2,5-6,12-13H2,(H,14,16). The Bertz CT molecular complexity index is 323. The first-order valence-electron chi connectivity index (χ1n) is 6.00. The summed E-state index contributed by atoms with van der Waals surface area (Å²) >= 11 is 4.34. The number of nitrogens with zero attached hydrogens (tertiary/aromatic N) is 1. The number of carbonyl (C=O) groups excluding carboxylic acids is 1. The largest absolute Gasteiger partial charge is 0.349 e. The average molecular weight is 256 g/mol. The summed E-state index contributed by atoms with van der Waals surface area (Å²) in [5.41, 5.74) is 11.6. The van der Waals surface area contributed by atoms with Gasteiger partial charge < -0.3 is 21.7 Å². The van der Waals surface area contributed by atoms with E-state index in [9.17, 15) is 4.79 Å². The molecule has 1 aliphatic carbocycles. The van der Waals surface area contributed by atoms with Crippen LogP contribution in [0.3, 0.4) is 0 Å². The molecule has 1 saturated carbocycles. The van der Waals surface area contributed by atoms with Crippen LogP contribution in [0.2, 0.25) is 0 Å². The Kier molecular flexibility index (Phi) is 3.96. The summed E-state index contributed by atoms with van der Waals surface area (Å²) in [6, 6.07) is 0.227. The second kappa shape index (κ2) is 5.29. The van der Waals surface area contributed by atoms with E-state index in [1.807, 2.05) is 4.90 Å². The molecule has 6 heteroatoms. The van der Waals surface area contributed by atoms with Gasteiger partial charge in [0.05, 0.1) is 0 Å². The van der Waals surface area contributed by atoms with E-state index in [2.05, 4.69) is 17.9 Å². The lowest BCUT2D eigenvalue weighted by Crippen LogP contribution is -2.50. The Morgan fingerprint density at radius 3 is 2.82 bits per heavy atom. The maximum Gasteiger partial charge on any atom is 0.247 e. The van der Waals surface area contributed by atoms with Gasteiger partial charge in [-0.1, -0.05) is 0 Å². The summed E-state index contributed by atoms with van der Waals surface area (Å²) in [6.45, 7) is 0.866. The van der Waals surface area contributed by atoms with Crippen molar-refractivity contribution in [1.82, 2.24) is 10.2 Å². The molecule has 0 aromatic carbocycles. The maximum atomic E-state index is 11.1. The second-order valence-corrected chi connectivity index (χ2v) is 5.39. The minimum absolute atomic E-state index is 0.0930. The Hall–Kier alpha value is -0.720. The highest BCUT2D eigenvalue weighted by Gasteiger charge is 2.28. The number of rotatable bonds is 2. The predicted octanol–water partition coefficient (Wildman–Crippen LogP) is -0.400. The summed E-state index contributed by atoms with van der Waals surface area (Å²) in [6.07, 6.45) is 6.35. The fourth-order valence-electron chi connectivity index (χ4n) is 2.45. The fourth-order valence-corrected chi connectivity index (χ4v) is 2.75. The van der Waals surface area contributed by atoms with Crippen molar-refractivity contribution in [3.05, 3.63) is 12.3 Å². The van der Waals surface area contributed by atoms with Gasteiger partial charge in [-0.3, -0.25) is 4.79 Å². The van der Waals surface area contributed by atoms with Crippen LogP contribution in [0.5, 0.6) is 0 Å². The summed E-state index contributed by atoms with van der Waals surface area (Å²) in [5, 5.41) is 2.75. The summed E-state index contributed by atoms with van der Waals surface area (Å²) in [7, 11) is 0. The number of amides is 1. The van der Waals surface area contributed by atoms with Crippen LogP contribution < -0.4 is 16.8 Å². The van der Waals surface area contributed by atoms with Gasteiger partial charge >= 0.3 is 0 Å². The average Bonchev–Trinajstić information content (AvgIpc) is 2.27. The van der Waals surface area contributed by atoms with E-state index in [4.69, 9.17) is 11.5 Å². The lowest BCUT2D eigenvalue weighted by molar-refractivity contribution is -0.118. The number of hydrogen-bond donors (Lipinski definition) is 4. The zero-order valence-electron chi connectivity index (χ0n) is 9.75. The van der Waals surface area contributed by atoms with Crippen molar-refractivity contribution in [2.75, 3.05) is 6.54 Å². The molecule has 1 fully saturated rings. The molecule has 0 aromatic heterocycles. The van der Waals surface area contributed by atoms with Gasteiger partial charge in [0.2, 0.25) is 5.91 Å². The summed E-state index contributed by atoms with van der Waals surface area (Å²) in [5.74, 6) is 0.433. The van der Waals surface area contributed by atoms with Crippen LogP contribution in [0.4, 0.5) is 0 Å². The molecule has 0 spiro atoms. The first-order valence-corrected chi connectivity index (χ1v) is 6.51. The molecule has 4 atom stereocenters. The minimum Gasteiger partial charge on any atom is -0.349 e. The third kappa shape index (κ3) is 3.14. The third-order valence-corrected chi connectivity index (χ3v) is 3.96. The molecule has 1 amide bonds. The van der Waals surface area contributed by atoms with E-state index >= 15 is 0 Å². The molecular formula is C11H20N4OS. The van der Waals surface area contributed by atoms with Crippen LogP contribution in [0.15, 0.2) is 12.3 Å². The first-order chi connectivity index (χ1) is 8.06. The predicted molar refractivity (Wildman–Crippen MR) is 70.1 cm³/mol. The molecule has 5 N–H and O–H groups in total. The molecule has 0 bridgehead atoms. The third-order valence-electron chi connectivity index (χ3n) is 3.54. The van der Waals surface area contributed by atoms with Crippen molar-refractivity contribution in [2.24, 2.45) is 17.4 Å². The number of thiol groups is 1. The Balaban J connectivity index is 1.89. The van der Waals surface area contributed by atoms with Crippen molar-refractivity contribution >= 4 is 18.5 Å². The molecule has 96 valence electrons. The molecule has 5 nitrogen and oxygen atoms in total. The first kappa shape index (κ1) is 12.7. The fraction of sp³-hybridized carbons (Fsp3) is 0.727. The van der Waals surface area contributed by atoms with E-state index in [-0.39, 0.29) is 23.5 Å². The molecule has 1 aliphatic heterocycles. The van der Waals surface area contributed by atoms with Gasteiger partial charge in [0.1, 0.15) is 5.50 Å². The monoisotopic (exact) mass is 256 g/mol. The quantitative estimate of drug-likeness (QED) is 0.507. The van der Waals surface area contributed by atoms with E-state index in [1.54, 1.807) is 6.20 Å². The van der Waals surface area contributed by atoms with Gasteiger partial charge in [0, 0.05) is 30.9 Å². The molecule has 2 rings (SSSR count). The number of nitrogens with one attached hydrogen (secondary N) is 1. The Morgan fingerprint density at radius 2 is 2.18 bits per heavy atom. The number of carbonyl (C=O) groups is 1. The Morgan fingerprint density at radius 1 is 1.41 bits per heavy atom. The highest BCUT2D eigenvalue weighted by atomic mass is 32.1. The molecule has 2 aliphatic rings. The van der Waals surface area contributed by atoms with Gasteiger partial charge in [-0.05, 0) is 25.2 Å². The Labute approximate surface area is 107 Å². The van der Waals surface area contributed by atoms with Crippen LogP contribution in [0.1, 0.15) is 19.3 Å². The van der Waals surface area contributed by atoms with Crippen molar-refractivity contribution < 1.29 is 4.79 Å². The second-order valence-electron chi connectivity index (χ2n) is 4.90. The molecular weight excluding hydrogens is 236 g/mol. The van der Waals surface area contributed by atoms with Crippen LogP contribution in [-0.2, 0) is 4.79 Å². The molecule has 0 aromatic rings. The van der Waals surface area contributed by atoms with Crippen LogP contribution in [0, 0.1) is 5.92 Å². The van der Waals surface area contributed by atoms with Crippen molar-refractivity contribution in [3.63, 3.8) is 0 Å². The summed E-state index contributed by atoms with van der Waals surface area (Å²) in [4.78, 5) is 13.1. The number of hydrogen-bond acceptors (Lipinski definition) is 5. The van der Waals surface area contributed by atoms with Gasteiger partial charge in [0.15, 0.2) is 0 Å². The van der Waals surface area contributed by atoms with Crippen molar-refractivity contribution in [1.29, 1.82) is 0 Å². The molecule has 4 unspecified atom stereocenters. The van der Waals surface area contributed by atoms with Gasteiger partial charge in [0.25, 0.3) is 0 Å². The van der Waals surface area contributed by atoms with Gasteiger partial charge in [-0.15, -0.1) is 12.6 Å². The number of nitrogens with two attached hydrogens (primary N) is 2. The van der Waals surface area contributed by atoms with Gasteiger partial charge in [-0.2, -0.15) is 0 Å². The maximum absolute atomic E-state index is 11.1. The van der Waals surface area contributed by atoms with Crippen LogP contribution in [-0.4, -0.2) is 34.9 Å². The van der Waals surface area contributed by atoms with E-state index in [0.717, 1.165) is 25.8 Å². The van der Waals surface area contributed by atoms with E-state index < -0.39 is 0 Å². The SMILES string of the molecule is NC1CCC(CN2C=CC(=O)NC2S)CC1N. The normalized spacial score (nSPS) is 38.1. The van der Waals surface area contributed by atoms with E-state index in [0.29, 0.717) is 5.92 Å². The van der Waals surface area contributed by atoms with Gasteiger partial charge in [-0.25, -0.2) is 0 Å². The van der Waals surface area contributed by atoms with E-state index in [1.165, 1.54) is 6.08 Å². The smallest absolute Gasteiger partial charge is 0.247 e. The molecule has 17 heavy (non-hydrogen) atoms. The highest BCUT2D eigenvalue weighted by Crippen LogP contribution is 2.24. The van der Waals surface area contributed by atoms with Crippen LogP contribution >= 0.6 is 12.6 Å². The molecule has 0 saturated heterocycles. The zero-order chi connectivity index (χ0) is 12.4. The highest BCUT2D eigenvalue weighted by molar-refractivity contribution is 7.80. The van der Waals surface area contributed by atoms with Crippen molar-refractivity contribution in [2.45, 2.75) is 36.8 Å². The topological polar surface area (TPSA) is 84.4 Å². The summed E-state index contributed by atoms with van der Waals surface area (Å²) < 4.78 is 0. The van der Waals surface area contributed by atoms with Crippen LogP contribution in [0.25, 0.3) is 0 Å². The minimum atomic E-state index is -0.237. The lowest BCUT2D eigenvalue weighted by atomic mass is 9.83. The zero-order valence-corrected chi connectivity index (χ0v) is 10.6.